The normalized spacial score (nSPS) is 28.2. The molecule has 4 N–H and O–H groups in total. The summed E-state index contributed by atoms with van der Waals surface area (Å²) in [4.78, 5) is 17.9. The van der Waals surface area contributed by atoms with Crippen LogP contribution in [-0.2, 0) is 0 Å². The molecule has 4 aliphatic rings. The van der Waals surface area contributed by atoms with Crippen molar-refractivity contribution < 1.29 is 22.3 Å². The number of rotatable bonds is 4. The van der Waals surface area contributed by atoms with Crippen LogP contribution in [0.5, 0.6) is 0 Å². The van der Waals surface area contributed by atoms with Gasteiger partial charge in [0.05, 0.1) is 0 Å². The molecule has 2 aliphatic heterocycles. The first-order valence-corrected chi connectivity index (χ1v) is 19.9. The van der Waals surface area contributed by atoms with Gasteiger partial charge in [0.25, 0.3) is 0 Å². The molecule has 33 heavy (non-hydrogen) atoms. The van der Waals surface area contributed by atoms with E-state index in [1.165, 1.54) is 11.1 Å². The number of anilines is 1. The molecule has 1 amide bonds. The predicted octanol–water partition coefficient (Wildman–Crippen LogP) is 2.27. The Bertz CT molecular complexity index is 1230. The van der Waals surface area contributed by atoms with Gasteiger partial charge in [-0.25, -0.2) is 0 Å². The number of hydrogen-bond acceptors (Lipinski definition) is 3. The summed E-state index contributed by atoms with van der Waals surface area (Å²) >= 11 is -0.381. The van der Waals surface area contributed by atoms with Crippen LogP contribution in [0.25, 0.3) is 0 Å². The van der Waals surface area contributed by atoms with Gasteiger partial charge in [-0.3, -0.25) is 0 Å². The fourth-order valence-electron chi connectivity index (χ4n) is 5.09. The molecule has 4 atom stereocenters. The molecule has 0 bridgehead atoms. The van der Waals surface area contributed by atoms with Crippen LogP contribution in [0.3, 0.4) is 0 Å². The number of nitrogens with two attached hydrogens (primary N) is 1. The average molecular weight is 663 g/mol. The molecule has 6 rings (SSSR count). The van der Waals surface area contributed by atoms with E-state index in [0.717, 1.165) is 41.8 Å². The van der Waals surface area contributed by atoms with E-state index in [0.29, 0.717) is 17.7 Å². The van der Waals surface area contributed by atoms with Crippen molar-refractivity contribution >= 4 is 43.9 Å². The molecule has 2 aromatic rings. The minimum atomic E-state index is -0.284. The van der Waals surface area contributed by atoms with E-state index in [2.05, 4.69) is 61.4 Å². The SMILES string of the molecule is NC(=Nc1cc2c3c(c1)C(=O)N[I-]I=CC3C(c1ccccc1)N2)[C@@H]1C[C@H]1C1=CCCC=C1. The van der Waals surface area contributed by atoms with E-state index in [-0.39, 0.29) is 52.1 Å². The standard InChI is InChI=1S/C26H25I2N4O/c29-25(19-13-18(19)15-7-3-1-4-8-15)30-17-11-20-23-21(14-27-28-32-26(20)33)24(31-22(23)12-17)16-9-5-2-6-10-16/h2-3,5-12,14,18-19,21,24,31H,1,4,13H2,(H2,29,30)(H,32,33)/q-1/t18-,19+,21?,24?/m0/s1. The van der Waals surface area contributed by atoms with Crippen molar-refractivity contribution in [1.29, 1.82) is 0 Å². The van der Waals surface area contributed by atoms with Crippen molar-refractivity contribution in [1.82, 2.24) is 3.53 Å². The second-order valence-electron chi connectivity index (χ2n) is 8.89. The summed E-state index contributed by atoms with van der Waals surface area (Å²) in [5, 5.41) is 3.72. The van der Waals surface area contributed by atoms with E-state index in [1.807, 2.05) is 12.1 Å². The van der Waals surface area contributed by atoms with Crippen molar-refractivity contribution in [2.24, 2.45) is 22.6 Å². The van der Waals surface area contributed by atoms with Crippen LogP contribution in [0, 0.1) is 11.8 Å². The van der Waals surface area contributed by atoms with Gasteiger partial charge in [0, 0.05) is 0 Å². The predicted molar refractivity (Wildman–Crippen MR) is 139 cm³/mol. The first-order chi connectivity index (χ1) is 16.2. The molecule has 1 fully saturated rings. The van der Waals surface area contributed by atoms with Gasteiger partial charge in [-0.1, -0.05) is 0 Å². The van der Waals surface area contributed by atoms with Crippen LogP contribution in [-0.4, -0.2) is 15.8 Å². The zero-order chi connectivity index (χ0) is 22.4. The van der Waals surface area contributed by atoms with E-state index in [1.54, 1.807) is 0 Å². The fraction of sp³-hybridized carbons (Fsp3) is 0.269. The summed E-state index contributed by atoms with van der Waals surface area (Å²) < 4.78 is 5.69. The Morgan fingerprint density at radius 1 is 1.18 bits per heavy atom. The first kappa shape index (κ1) is 21.5. The van der Waals surface area contributed by atoms with Gasteiger partial charge in [0.15, 0.2) is 0 Å². The fourth-order valence-corrected chi connectivity index (χ4v) is 11.8. The number of nitrogens with one attached hydrogen (secondary N) is 2. The molecule has 0 radical (unpaired) electrons. The second kappa shape index (κ2) is 8.98. The average Bonchev–Trinajstić information content (AvgIpc) is 3.57. The van der Waals surface area contributed by atoms with Crippen LogP contribution in [0.4, 0.5) is 11.4 Å². The maximum absolute atomic E-state index is 13.1. The molecule has 2 heterocycles. The number of benzene rings is 2. The summed E-state index contributed by atoms with van der Waals surface area (Å²) in [5.74, 6) is 1.73. The molecule has 2 unspecified atom stereocenters. The zero-order valence-corrected chi connectivity index (χ0v) is 22.3. The zero-order valence-electron chi connectivity index (χ0n) is 18.0. The number of carbonyl (C=O) groups excluding carboxylic acids is 1. The Kier molecular flexibility index (Phi) is 5.85. The molecule has 0 aromatic heterocycles. The van der Waals surface area contributed by atoms with Gasteiger partial charge in [0.2, 0.25) is 0 Å². The Hall–Kier alpha value is -2.01. The van der Waals surface area contributed by atoms with Gasteiger partial charge >= 0.3 is 205 Å². The van der Waals surface area contributed by atoms with Crippen LogP contribution in [0.2, 0.25) is 0 Å². The molecule has 7 heteroatoms. The molecular formula is C26H25I2N4O-. The summed E-state index contributed by atoms with van der Waals surface area (Å²) in [6, 6.07) is 14.7. The van der Waals surface area contributed by atoms with Gasteiger partial charge in [-0.15, -0.1) is 0 Å². The summed E-state index contributed by atoms with van der Waals surface area (Å²) in [6.07, 6.45) is 10.1. The molecule has 0 spiro atoms. The number of aliphatic imine (C=N–C) groups is 1. The Balaban J connectivity index is 1.35. The van der Waals surface area contributed by atoms with Gasteiger partial charge < -0.3 is 0 Å². The van der Waals surface area contributed by atoms with E-state index < -0.39 is 0 Å². The van der Waals surface area contributed by atoms with Crippen molar-refractivity contribution in [2.75, 3.05) is 5.32 Å². The minimum absolute atomic E-state index is 0.0461. The Labute approximate surface area is 210 Å². The monoisotopic (exact) mass is 663 g/mol. The number of allylic oxidation sites excluding steroid dienone is 4. The van der Waals surface area contributed by atoms with Gasteiger partial charge in [0.1, 0.15) is 0 Å². The Morgan fingerprint density at radius 3 is 2.88 bits per heavy atom. The van der Waals surface area contributed by atoms with E-state index >= 15 is 0 Å². The van der Waals surface area contributed by atoms with Crippen LogP contribution >= 0.6 is 16.8 Å². The van der Waals surface area contributed by atoms with Crippen LogP contribution in [0.1, 0.15) is 52.7 Å². The number of hydrogen-bond donors (Lipinski definition) is 3. The third-order valence-electron chi connectivity index (χ3n) is 6.80. The summed E-state index contributed by atoms with van der Waals surface area (Å²) in [7, 11) is 0. The molecule has 0 saturated heterocycles. The third-order valence-corrected chi connectivity index (χ3v) is 13.5. The van der Waals surface area contributed by atoms with Gasteiger partial charge in [-0.2, -0.15) is 0 Å². The quantitative estimate of drug-likeness (QED) is 0.204. The first-order valence-electron chi connectivity index (χ1n) is 11.3. The van der Waals surface area contributed by atoms with Crippen LogP contribution < -0.4 is 32.1 Å². The molecule has 170 valence electrons. The van der Waals surface area contributed by atoms with E-state index in [9.17, 15) is 4.79 Å². The number of halogens is 2. The third kappa shape index (κ3) is 4.18. The molecular weight excluding hydrogens is 638 g/mol. The van der Waals surface area contributed by atoms with Gasteiger partial charge in [-0.05, 0) is 6.42 Å². The summed E-state index contributed by atoms with van der Waals surface area (Å²) in [5.41, 5.74) is 12.8. The maximum atomic E-state index is 13.1. The van der Waals surface area contributed by atoms with Crippen molar-refractivity contribution in [3.8, 4) is 0 Å². The van der Waals surface area contributed by atoms with E-state index in [4.69, 9.17) is 10.7 Å². The van der Waals surface area contributed by atoms with Crippen molar-refractivity contribution in [3.63, 3.8) is 0 Å². The number of nitrogens with zero attached hydrogens (tertiary/aromatic N) is 1. The topological polar surface area (TPSA) is 79.5 Å². The number of amides is 1. The number of amidine groups is 1. The van der Waals surface area contributed by atoms with Crippen molar-refractivity contribution in [3.05, 3.63) is 83.0 Å². The molecule has 2 aliphatic carbocycles. The molecule has 1 saturated carbocycles. The van der Waals surface area contributed by atoms with Crippen molar-refractivity contribution in [2.45, 2.75) is 31.2 Å². The second-order valence-corrected chi connectivity index (χ2v) is 16.9. The Morgan fingerprint density at radius 2 is 2.06 bits per heavy atom. The number of carbonyl (C=O) groups is 1. The molecule has 5 nitrogen and oxygen atoms in total. The summed E-state index contributed by atoms with van der Waals surface area (Å²) in [6.45, 7) is 0. The van der Waals surface area contributed by atoms with Crippen LogP contribution in [0.15, 0.2) is 71.3 Å². The molecule has 2 aromatic carbocycles.